The van der Waals surface area contributed by atoms with Gasteiger partial charge < -0.3 is 19.8 Å². The van der Waals surface area contributed by atoms with Gasteiger partial charge >= 0.3 is 11.9 Å². The predicted octanol–water partition coefficient (Wildman–Crippen LogP) is 3.35. The number of esters is 2. The molecule has 0 aromatic carbocycles. The SMILES string of the molecule is CCOC(=O)c1sc(NC(=O)CSc2nc(C(C)C)cc(=O)[nH]2)c(C(=O)OCC)c1C. The second kappa shape index (κ2) is 11.1. The van der Waals surface area contributed by atoms with E-state index < -0.39 is 17.8 Å². The van der Waals surface area contributed by atoms with E-state index in [-0.39, 0.29) is 45.9 Å². The van der Waals surface area contributed by atoms with E-state index in [4.69, 9.17) is 9.47 Å². The molecule has 0 bridgehead atoms. The molecule has 0 aliphatic carbocycles. The van der Waals surface area contributed by atoms with Gasteiger partial charge in [0, 0.05) is 6.07 Å². The molecule has 168 valence electrons. The minimum Gasteiger partial charge on any atom is -0.462 e. The smallest absolute Gasteiger partial charge is 0.348 e. The predicted molar refractivity (Wildman–Crippen MR) is 119 cm³/mol. The number of amides is 1. The molecule has 11 heteroatoms. The van der Waals surface area contributed by atoms with Gasteiger partial charge in [-0.1, -0.05) is 25.6 Å². The second-order valence-electron chi connectivity index (χ2n) is 6.67. The fourth-order valence-electron chi connectivity index (χ4n) is 2.56. The highest BCUT2D eigenvalue weighted by atomic mass is 32.2. The van der Waals surface area contributed by atoms with Gasteiger partial charge in [0.25, 0.3) is 5.56 Å². The summed E-state index contributed by atoms with van der Waals surface area (Å²) in [7, 11) is 0. The number of carbonyl (C=O) groups excluding carboxylic acids is 3. The molecule has 0 radical (unpaired) electrons. The van der Waals surface area contributed by atoms with Gasteiger partial charge in [-0.05, 0) is 32.3 Å². The zero-order valence-electron chi connectivity index (χ0n) is 18.0. The van der Waals surface area contributed by atoms with Crippen molar-refractivity contribution in [2.45, 2.75) is 45.7 Å². The van der Waals surface area contributed by atoms with Crippen molar-refractivity contribution in [1.29, 1.82) is 0 Å². The molecule has 2 heterocycles. The molecule has 0 saturated carbocycles. The Hall–Kier alpha value is -2.66. The first-order valence-corrected chi connectivity index (χ1v) is 11.5. The van der Waals surface area contributed by atoms with Gasteiger partial charge in [-0.3, -0.25) is 9.59 Å². The van der Waals surface area contributed by atoms with Crippen molar-refractivity contribution in [3.8, 4) is 0 Å². The van der Waals surface area contributed by atoms with E-state index in [1.165, 1.54) is 6.07 Å². The Bertz CT molecular complexity index is 1030. The van der Waals surface area contributed by atoms with Crippen molar-refractivity contribution in [2.24, 2.45) is 0 Å². The Labute approximate surface area is 187 Å². The van der Waals surface area contributed by atoms with Crippen LogP contribution < -0.4 is 10.9 Å². The molecule has 31 heavy (non-hydrogen) atoms. The summed E-state index contributed by atoms with van der Waals surface area (Å²) in [6.07, 6.45) is 0. The van der Waals surface area contributed by atoms with Crippen LogP contribution in [0.15, 0.2) is 16.0 Å². The maximum absolute atomic E-state index is 12.5. The third-order valence-electron chi connectivity index (χ3n) is 4.01. The van der Waals surface area contributed by atoms with Gasteiger partial charge in [-0.25, -0.2) is 14.6 Å². The summed E-state index contributed by atoms with van der Waals surface area (Å²) >= 11 is 2.02. The number of aromatic nitrogens is 2. The maximum atomic E-state index is 12.5. The lowest BCUT2D eigenvalue weighted by molar-refractivity contribution is -0.113. The van der Waals surface area contributed by atoms with Crippen LogP contribution >= 0.6 is 23.1 Å². The fraction of sp³-hybridized carbons (Fsp3) is 0.450. The number of rotatable bonds is 9. The average molecular weight is 468 g/mol. The number of nitrogens with one attached hydrogen (secondary N) is 2. The van der Waals surface area contributed by atoms with Crippen molar-refractivity contribution < 1.29 is 23.9 Å². The van der Waals surface area contributed by atoms with Crippen molar-refractivity contribution in [2.75, 3.05) is 24.3 Å². The highest BCUT2D eigenvalue weighted by molar-refractivity contribution is 7.99. The number of hydrogen-bond acceptors (Lipinski definition) is 9. The Morgan fingerprint density at radius 1 is 1.19 bits per heavy atom. The van der Waals surface area contributed by atoms with Gasteiger partial charge in [0.15, 0.2) is 5.16 Å². The number of hydrogen-bond donors (Lipinski definition) is 2. The van der Waals surface area contributed by atoms with Crippen molar-refractivity contribution in [1.82, 2.24) is 9.97 Å². The van der Waals surface area contributed by atoms with E-state index in [9.17, 15) is 19.2 Å². The third-order valence-corrected chi connectivity index (χ3v) is 6.07. The van der Waals surface area contributed by atoms with Crippen LogP contribution in [0, 0.1) is 6.92 Å². The topological polar surface area (TPSA) is 127 Å². The molecule has 1 amide bonds. The summed E-state index contributed by atoms with van der Waals surface area (Å²) in [5.74, 6) is -1.62. The molecule has 0 fully saturated rings. The summed E-state index contributed by atoms with van der Waals surface area (Å²) in [5, 5.41) is 3.20. The van der Waals surface area contributed by atoms with Crippen LogP contribution in [0.5, 0.6) is 0 Å². The molecule has 2 aromatic heterocycles. The van der Waals surface area contributed by atoms with Gasteiger partial charge in [-0.2, -0.15) is 0 Å². The maximum Gasteiger partial charge on any atom is 0.348 e. The Morgan fingerprint density at radius 3 is 2.45 bits per heavy atom. The first-order chi connectivity index (χ1) is 14.7. The van der Waals surface area contributed by atoms with E-state index in [0.717, 1.165) is 23.1 Å². The van der Waals surface area contributed by atoms with Gasteiger partial charge in [0.1, 0.15) is 9.88 Å². The Balaban J connectivity index is 2.21. The van der Waals surface area contributed by atoms with Crippen LogP contribution in [0.4, 0.5) is 5.00 Å². The lowest BCUT2D eigenvalue weighted by Gasteiger charge is -2.08. The number of aromatic amines is 1. The van der Waals surface area contributed by atoms with E-state index in [1.54, 1.807) is 20.8 Å². The standard InChI is InChI=1S/C20H25N3O6S2/c1-6-28-18(26)15-11(5)16(19(27)29-7-2)31-17(15)22-14(25)9-30-20-21-12(10(3)4)8-13(24)23-20/h8,10H,6-7,9H2,1-5H3,(H,22,25)(H,21,23,24). The van der Waals surface area contributed by atoms with Crippen LogP contribution in [0.2, 0.25) is 0 Å². The molecule has 0 unspecified atom stereocenters. The van der Waals surface area contributed by atoms with Crippen molar-refractivity contribution in [3.63, 3.8) is 0 Å². The average Bonchev–Trinajstić information content (AvgIpc) is 3.02. The number of anilines is 1. The molecule has 0 aliphatic rings. The molecule has 0 spiro atoms. The molecule has 0 saturated heterocycles. The highest BCUT2D eigenvalue weighted by Crippen LogP contribution is 2.34. The minimum absolute atomic E-state index is 0.0571. The first kappa shape index (κ1) is 24.6. The van der Waals surface area contributed by atoms with Crippen molar-refractivity contribution >= 4 is 45.9 Å². The molecular weight excluding hydrogens is 442 g/mol. The van der Waals surface area contributed by atoms with E-state index >= 15 is 0 Å². The summed E-state index contributed by atoms with van der Waals surface area (Å²) < 4.78 is 10.1. The van der Waals surface area contributed by atoms with Crippen LogP contribution in [0.1, 0.15) is 64.9 Å². The summed E-state index contributed by atoms with van der Waals surface area (Å²) in [6, 6.07) is 1.42. The molecule has 2 N–H and O–H groups in total. The van der Waals surface area contributed by atoms with E-state index in [0.29, 0.717) is 16.4 Å². The largest absolute Gasteiger partial charge is 0.462 e. The zero-order chi connectivity index (χ0) is 23.1. The first-order valence-electron chi connectivity index (χ1n) is 9.69. The highest BCUT2D eigenvalue weighted by Gasteiger charge is 2.27. The number of ether oxygens (including phenoxy) is 2. The number of carbonyl (C=O) groups is 3. The number of H-pyrrole nitrogens is 1. The fourth-order valence-corrected chi connectivity index (χ4v) is 4.34. The molecule has 0 atom stereocenters. The molecule has 9 nitrogen and oxygen atoms in total. The lowest BCUT2D eigenvalue weighted by Crippen LogP contribution is -2.17. The molecular formula is C20H25N3O6S2. The lowest BCUT2D eigenvalue weighted by atomic mass is 10.1. The monoisotopic (exact) mass is 467 g/mol. The van der Waals surface area contributed by atoms with Crippen LogP contribution in [-0.4, -0.2) is 46.8 Å². The van der Waals surface area contributed by atoms with Crippen molar-refractivity contribution in [3.05, 3.63) is 38.1 Å². The number of nitrogens with zero attached hydrogens (tertiary/aromatic N) is 1. The molecule has 2 rings (SSSR count). The molecule has 0 aliphatic heterocycles. The third kappa shape index (κ3) is 6.41. The summed E-state index contributed by atoms with van der Waals surface area (Å²) in [4.78, 5) is 56.1. The Morgan fingerprint density at radius 2 is 1.84 bits per heavy atom. The number of thioether (sulfide) groups is 1. The zero-order valence-corrected chi connectivity index (χ0v) is 19.6. The van der Waals surface area contributed by atoms with Gasteiger partial charge in [0.2, 0.25) is 5.91 Å². The molecule has 2 aromatic rings. The summed E-state index contributed by atoms with van der Waals surface area (Å²) in [5.41, 5.74) is 0.852. The van der Waals surface area contributed by atoms with E-state index in [1.807, 2.05) is 13.8 Å². The quantitative estimate of drug-likeness (QED) is 0.326. The summed E-state index contributed by atoms with van der Waals surface area (Å²) in [6.45, 7) is 9.12. The normalized spacial score (nSPS) is 10.8. The van der Waals surface area contributed by atoms with Gasteiger partial charge in [-0.15, -0.1) is 11.3 Å². The van der Waals surface area contributed by atoms with Crippen LogP contribution in [0.3, 0.4) is 0 Å². The minimum atomic E-state index is -0.634. The van der Waals surface area contributed by atoms with Gasteiger partial charge in [0.05, 0.1) is 30.2 Å². The van der Waals surface area contributed by atoms with E-state index in [2.05, 4.69) is 15.3 Å². The Kier molecular flexibility index (Phi) is 8.81. The second-order valence-corrected chi connectivity index (χ2v) is 8.65. The number of thiophene rings is 1. The van der Waals surface area contributed by atoms with Crippen LogP contribution in [-0.2, 0) is 14.3 Å². The van der Waals surface area contributed by atoms with Crippen LogP contribution in [0.25, 0.3) is 0 Å².